The molecule has 2 fully saturated rings. The van der Waals surface area contributed by atoms with Gasteiger partial charge in [-0.3, -0.25) is 19.8 Å². The molecule has 0 bridgehead atoms. The largest absolute Gasteiger partial charge is 0.384 e. The van der Waals surface area contributed by atoms with Gasteiger partial charge in [-0.05, 0) is 30.7 Å². The van der Waals surface area contributed by atoms with E-state index in [1.54, 1.807) is 23.5 Å². The van der Waals surface area contributed by atoms with E-state index in [2.05, 4.69) is 17.6 Å². The zero-order valence-corrected chi connectivity index (χ0v) is 20.0. The summed E-state index contributed by atoms with van der Waals surface area (Å²) in [6.07, 6.45) is 2.33. The third-order valence-electron chi connectivity index (χ3n) is 6.19. The maximum Gasteiger partial charge on any atom is 0.243 e. The molecular weight excluding hydrogens is 446 g/mol. The normalized spacial score (nSPS) is 23.2. The number of ether oxygens (including phenoxy) is 2. The molecule has 1 saturated heterocycles. The number of nitrogens with two attached hydrogens (primary N) is 1. The van der Waals surface area contributed by atoms with Crippen molar-refractivity contribution >= 4 is 34.9 Å². The third kappa shape index (κ3) is 6.52. The van der Waals surface area contributed by atoms with Crippen LogP contribution >= 0.6 is 11.3 Å². The van der Waals surface area contributed by atoms with Gasteiger partial charge in [0.15, 0.2) is 0 Å². The van der Waals surface area contributed by atoms with Gasteiger partial charge in [0.05, 0.1) is 26.3 Å². The second-order valence-electron chi connectivity index (χ2n) is 8.81. The number of rotatable bonds is 13. The van der Waals surface area contributed by atoms with E-state index in [1.165, 1.54) is 11.3 Å². The first-order valence-electron chi connectivity index (χ1n) is 11.1. The Labute approximate surface area is 197 Å². The molecule has 182 valence electrons. The van der Waals surface area contributed by atoms with Crippen molar-refractivity contribution in [3.8, 4) is 0 Å². The van der Waals surface area contributed by atoms with Crippen molar-refractivity contribution in [1.82, 2.24) is 15.5 Å². The lowest BCUT2D eigenvalue weighted by Gasteiger charge is -2.27. The highest BCUT2D eigenvalue weighted by Gasteiger charge is 2.64. The molecule has 1 saturated carbocycles. The second kappa shape index (κ2) is 11.1. The van der Waals surface area contributed by atoms with Crippen LogP contribution in [0.4, 0.5) is 0 Å². The van der Waals surface area contributed by atoms with E-state index >= 15 is 0 Å². The average molecular weight is 480 g/mol. The summed E-state index contributed by atoms with van der Waals surface area (Å²) < 4.78 is 10.2. The van der Waals surface area contributed by atoms with E-state index in [-0.39, 0.29) is 48.0 Å². The van der Waals surface area contributed by atoms with Crippen molar-refractivity contribution in [1.29, 1.82) is 5.41 Å². The summed E-state index contributed by atoms with van der Waals surface area (Å²) >= 11 is 1.42. The highest BCUT2D eigenvalue weighted by atomic mass is 32.1. The van der Waals surface area contributed by atoms with Crippen LogP contribution in [0, 0.1) is 10.8 Å². The molecule has 3 amide bonds. The molecule has 1 aromatic heterocycles. The minimum Gasteiger partial charge on any atom is -0.384 e. The Hall–Kier alpha value is -2.50. The van der Waals surface area contributed by atoms with Crippen molar-refractivity contribution in [2.75, 3.05) is 33.5 Å². The van der Waals surface area contributed by atoms with Crippen LogP contribution < -0.4 is 16.4 Å². The number of piperidine rings is 1. The van der Waals surface area contributed by atoms with Crippen LogP contribution in [-0.2, 0) is 30.4 Å². The molecule has 1 aliphatic carbocycles. The first kappa shape index (κ1) is 25.1. The summed E-state index contributed by atoms with van der Waals surface area (Å²) in [5, 5.41) is 14.8. The van der Waals surface area contributed by atoms with E-state index < -0.39 is 6.04 Å². The zero-order chi connectivity index (χ0) is 24.0. The van der Waals surface area contributed by atoms with Crippen molar-refractivity contribution in [3.05, 3.63) is 21.9 Å². The topological polar surface area (TPSA) is 147 Å². The minimum absolute atomic E-state index is 0.00919. The molecule has 0 unspecified atom stereocenters. The Morgan fingerprint density at radius 1 is 1.27 bits per heavy atom. The van der Waals surface area contributed by atoms with E-state index in [4.69, 9.17) is 20.6 Å². The zero-order valence-electron chi connectivity index (χ0n) is 19.1. The number of methoxy groups -OCH3 is 1. The highest BCUT2D eigenvalue weighted by molar-refractivity contribution is 7.10. The van der Waals surface area contributed by atoms with Crippen LogP contribution in [-0.4, -0.2) is 74.0 Å². The minimum atomic E-state index is -0.542. The maximum atomic E-state index is 12.9. The summed E-state index contributed by atoms with van der Waals surface area (Å²) in [6.45, 7) is 3.74. The first-order chi connectivity index (χ1) is 15.7. The SMILES string of the molecule is COCCOCCCC(=O)NCC(=O)N1[C@H]2C[C@@]2(C)C[C@H]1C(=O)NCc1cc(C(=N)N)cs1. The van der Waals surface area contributed by atoms with Crippen molar-refractivity contribution in [2.24, 2.45) is 11.1 Å². The highest BCUT2D eigenvalue weighted by Crippen LogP contribution is 2.59. The fourth-order valence-corrected chi connectivity index (χ4v) is 5.02. The molecule has 3 atom stereocenters. The monoisotopic (exact) mass is 479 g/mol. The number of carbonyl (C=O) groups excluding carboxylic acids is 3. The molecule has 0 spiro atoms. The van der Waals surface area contributed by atoms with Gasteiger partial charge in [0.1, 0.15) is 11.9 Å². The van der Waals surface area contributed by atoms with Gasteiger partial charge in [-0.25, -0.2) is 0 Å². The Morgan fingerprint density at radius 3 is 2.76 bits per heavy atom. The van der Waals surface area contributed by atoms with Gasteiger partial charge in [0, 0.05) is 42.0 Å². The summed E-state index contributed by atoms with van der Waals surface area (Å²) in [7, 11) is 1.60. The number of nitrogens with one attached hydrogen (secondary N) is 3. The third-order valence-corrected chi connectivity index (χ3v) is 7.13. The summed E-state index contributed by atoms with van der Waals surface area (Å²) in [6, 6.07) is 1.28. The smallest absolute Gasteiger partial charge is 0.243 e. The number of amides is 3. The number of nitrogen functional groups attached to an aromatic ring is 1. The second-order valence-corrected chi connectivity index (χ2v) is 9.81. The first-order valence-corrected chi connectivity index (χ1v) is 12.0. The molecule has 0 radical (unpaired) electrons. The van der Waals surface area contributed by atoms with E-state index in [0.717, 1.165) is 11.3 Å². The number of amidine groups is 1. The van der Waals surface area contributed by atoms with E-state index in [9.17, 15) is 14.4 Å². The van der Waals surface area contributed by atoms with Crippen LogP contribution in [0.1, 0.15) is 43.0 Å². The van der Waals surface area contributed by atoms with Crippen molar-refractivity contribution < 1.29 is 23.9 Å². The molecular formula is C22H33N5O5S. The number of nitrogens with zero attached hydrogens (tertiary/aromatic N) is 1. The van der Waals surface area contributed by atoms with Crippen LogP contribution in [0.15, 0.2) is 11.4 Å². The van der Waals surface area contributed by atoms with Crippen LogP contribution in [0.5, 0.6) is 0 Å². The molecule has 33 heavy (non-hydrogen) atoms. The Morgan fingerprint density at radius 2 is 2.06 bits per heavy atom. The number of thiophene rings is 1. The van der Waals surface area contributed by atoms with E-state index in [1.807, 2.05) is 0 Å². The van der Waals surface area contributed by atoms with Gasteiger partial charge in [0.2, 0.25) is 17.7 Å². The fourth-order valence-electron chi connectivity index (χ4n) is 4.20. The van der Waals surface area contributed by atoms with Gasteiger partial charge < -0.3 is 30.7 Å². The summed E-state index contributed by atoms with van der Waals surface area (Å²) in [4.78, 5) is 40.4. The Bertz CT molecular complexity index is 890. The number of likely N-dealkylation sites (tertiary alicyclic amines) is 1. The van der Waals surface area contributed by atoms with Gasteiger partial charge in [-0.2, -0.15) is 0 Å². The fraction of sp³-hybridized carbons (Fsp3) is 0.636. The number of fused-ring (bicyclic) bond motifs is 1. The molecule has 2 heterocycles. The van der Waals surface area contributed by atoms with Crippen LogP contribution in [0.3, 0.4) is 0 Å². The quantitative estimate of drug-likeness (QED) is 0.185. The lowest BCUT2D eigenvalue weighted by atomic mass is 10.0. The van der Waals surface area contributed by atoms with Crippen molar-refractivity contribution in [3.63, 3.8) is 0 Å². The van der Waals surface area contributed by atoms with Gasteiger partial charge in [-0.1, -0.05) is 6.92 Å². The van der Waals surface area contributed by atoms with Gasteiger partial charge in [0.25, 0.3) is 0 Å². The van der Waals surface area contributed by atoms with Crippen LogP contribution in [0.2, 0.25) is 0 Å². The maximum absolute atomic E-state index is 12.9. The average Bonchev–Trinajstić information content (AvgIpc) is 3.13. The van der Waals surface area contributed by atoms with Crippen LogP contribution in [0.25, 0.3) is 0 Å². The predicted molar refractivity (Wildman–Crippen MR) is 124 cm³/mol. The summed E-state index contributed by atoms with van der Waals surface area (Å²) in [5.74, 6) is -0.656. The molecule has 1 aliphatic heterocycles. The van der Waals surface area contributed by atoms with Crippen molar-refractivity contribution in [2.45, 2.75) is 51.2 Å². The standard InChI is InChI=1S/C22H33N5O5S/c1-22-9-16(21(30)26-11-15-8-14(13-33-15)20(23)24)27(17(22)10-22)19(29)12-25-18(28)4-3-5-32-7-6-31-2/h8,13,16-17H,3-7,9-12H2,1-2H3,(H3,23,24)(H,25,28)(H,26,30)/t16-,17-,22+/m0/s1. The molecule has 0 aromatic carbocycles. The molecule has 11 heteroatoms. The Balaban J connectivity index is 1.45. The number of hydrogen-bond acceptors (Lipinski definition) is 7. The molecule has 1 aromatic rings. The van der Waals surface area contributed by atoms with Gasteiger partial charge >= 0.3 is 0 Å². The Kier molecular flexibility index (Phi) is 8.44. The molecule has 10 nitrogen and oxygen atoms in total. The lowest BCUT2D eigenvalue weighted by Crippen LogP contribution is -2.50. The molecule has 2 aliphatic rings. The summed E-state index contributed by atoms with van der Waals surface area (Å²) in [5.41, 5.74) is 6.08. The predicted octanol–water partition coefficient (Wildman–Crippen LogP) is 0.587. The number of carbonyl (C=O) groups is 3. The molecule has 3 rings (SSSR count). The molecule has 5 N–H and O–H groups in total. The van der Waals surface area contributed by atoms with Gasteiger partial charge in [-0.15, -0.1) is 11.3 Å². The number of hydrogen-bond donors (Lipinski definition) is 4. The van der Waals surface area contributed by atoms with E-state index in [0.29, 0.717) is 44.8 Å². The lowest BCUT2D eigenvalue weighted by molar-refractivity contribution is -0.140.